The zero-order valence-electron chi connectivity index (χ0n) is 13.7. The van der Waals surface area contributed by atoms with Crippen LogP contribution in [0.2, 0.25) is 0 Å². The number of rotatable bonds is 5. The van der Waals surface area contributed by atoms with Crippen LogP contribution in [0.15, 0.2) is 30.3 Å². The molecule has 3 nitrogen and oxygen atoms in total. The van der Waals surface area contributed by atoms with Crippen LogP contribution in [0, 0.1) is 0 Å². The van der Waals surface area contributed by atoms with Crippen molar-refractivity contribution in [1.29, 1.82) is 0 Å². The summed E-state index contributed by atoms with van der Waals surface area (Å²) in [7, 11) is 0. The van der Waals surface area contributed by atoms with Gasteiger partial charge in [-0.1, -0.05) is 62.9 Å². The zero-order chi connectivity index (χ0) is 16.0. The molecule has 0 N–H and O–H groups in total. The van der Waals surface area contributed by atoms with Crippen molar-refractivity contribution in [2.75, 3.05) is 6.61 Å². The Labute approximate surface area is 137 Å². The SMILES string of the molecule is CC(C)(C)SC(=O)C[C@H]1CC[C@H](OCc2ccccc2)CO1. The molecule has 1 aromatic rings. The minimum absolute atomic E-state index is 0.0208. The molecular formula is C18H26O3S. The molecule has 1 heterocycles. The number of hydrogen-bond acceptors (Lipinski definition) is 4. The van der Waals surface area contributed by atoms with E-state index >= 15 is 0 Å². The maximum absolute atomic E-state index is 12.0. The lowest BCUT2D eigenvalue weighted by Gasteiger charge is -2.29. The van der Waals surface area contributed by atoms with Crippen molar-refractivity contribution >= 4 is 16.9 Å². The van der Waals surface area contributed by atoms with Gasteiger partial charge in [-0.05, 0) is 18.4 Å². The van der Waals surface area contributed by atoms with Crippen molar-refractivity contribution in [1.82, 2.24) is 0 Å². The first kappa shape index (κ1) is 17.5. The van der Waals surface area contributed by atoms with Crippen LogP contribution >= 0.6 is 11.8 Å². The molecule has 2 rings (SSSR count). The summed E-state index contributed by atoms with van der Waals surface area (Å²) in [5.74, 6) is 0. The van der Waals surface area contributed by atoms with E-state index in [1.807, 2.05) is 18.2 Å². The number of benzene rings is 1. The van der Waals surface area contributed by atoms with Gasteiger partial charge in [-0.25, -0.2) is 0 Å². The highest BCUT2D eigenvalue weighted by atomic mass is 32.2. The lowest BCUT2D eigenvalue weighted by molar-refractivity contribution is -0.120. The van der Waals surface area contributed by atoms with Crippen LogP contribution in [0.3, 0.4) is 0 Å². The van der Waals surface area contributed by atoms with Gasteiger partial charge in [0.15, 0.2) is 5.12 Å². The first-order valence-electron chi connectivity index (χ1n) is 7.91. The lowest BCUT2D eigenvalue weighted by atomic mass is 10.0. The number of hydrogen-bond donors (Lipinski definition) is 0. The Morgan fingerprint density at radius 3 is 2.59 bits per heavy atom. The Morgan fingerprint density at radius 2 is 2.00 bits per heavy atom. The van der Waals surface area contributed by atoms with Crippen molar-refractivity contribution in [2.24, 2.45) is 0 Å². The van der Waals surface area contributed by atoms with Gasteiger partial charge in [-0.2, -0.15) is 0 Å². The summed E-state index contributed by atoms with van der Waals surface area (Å²) in [6.07, 6.45) is 2.56. The number of thioether (sulfide) groups is 1. The maximum Gasteiger partial charge on any atom is 0.192 e. The minimum atomic E-state index is -0.0208. The highest BCUT2D eigenvalue weighted by Crippen LogP contribution is 2.28. The number of carbonyl (C=O) groups is 1. The van der Waals surface area contributed by atoms with Gasteiger partial charge in [0.25, 0.3) is 0 Å². The van der Waals surface area contributed by atoms with Gasteiger partial charge in [0.05, 0.1) is 25.4 Å². The third-order valence-electron chi connectivity index (χ3n) is 3.47. The summed E-state index contributed by atoms with van der Waals surface area (Å²) in [5.41, 5.74) is 1.18. The predicted molar refractivity (Wildman–Crippen MR) is 91.0 cm³/mol. The Hall–Kier alpha value is -0.840. The van der Waals surface area contributed by atoms with E-state index in [0.717, 1.165) is 12.8 Å². The van der Waals surface area contributed by atoms with E-state index < -0.39 is 0 Å². The molecule has 1 aliphatic heterocycles. The highest BCUT2D eigenvalue weighted by Gasteiger charge is 2.26. The van der Waals surface area contributed by atoms with Crippen LogP contribution in [0.5, 0.6) is 0 Å². The fraction of sp³-hybridized carbons (Fsp3) is 0.611. The molecule has 0 saturated carbocycles. The van der Waals surface area contributed by atoms with Gasteiger partial charge >= 0.3 is 0 Å². The van der Waals surface area contributed by atoms with Gasteiger partial charge in [-0.15, -0.1) is 0 Å². The summed E-state index contributed by atoms with van der Waals surface area (Å²) in [4.78, 5) is 12.0. The van der Waals surface area contributed by atoms with Crippen LogP contribution in [-0.2, 0) is 20.9 Å². The van der Waals surface area contributed by atoms with E-state index in [4.69, 9.17) is 9.47 Å². The van der Waals surface area contributed by atoms with Gasteiger partial charge in [-0.3, -0.25) is 4.79 Å². The topological polar surface area (TPSA) is 35.5 Å². The molecule has 0 radical (unpaired) electrons. The molecule has 1 fully saturated rings. The van der Waals surface area contributed by atoms with Crippen molar-refractivity contribution in [3.8, 4) is 0 Å². The van der Waals surface area contributed by atoms with Crippen LogP contribution in [0.4, 0.5) is 0 Å². The normalized spacial score (nSPS) is 22.5. The number of ether oxygens (including phenoxy) is 2. The van der Waals surface area contributed by atoms with E-state index in [-0.39, 0.29) is 22.1 Å². The van der Waals surface area contributed by atoms with E-state index in [2.05, 4.69) is 32.9 Å². The summed E-state index contributed by atoms with van der Waals surface area (Å²) < 4.78 is 11.7. The molecule has 22 heavy (non-hydrogen) atoms. The largest absolute Gasteiger partial charge is 0.375 e. The van der Waals surface area contributed by atoms with E-state index in [1.165, 1.54) is 17.3 Å². The van der Waals surface area contributed by atoms with Crippen molar-refractivity contribution in [2.45, 2.75) is 63.6 Å². The molecule has 0 unspecified atom stereocenters. The highest BCUT2D eigenvalue weighted by molar-refractivity contribution is 8.14. The molecular weight excluding hydrogens is 296 g/mol. The molecule has 1 saturated heterocycles. The maximum atomic E-state index is 12.0. The smallest absolute Gasteiger partial charge is 0.192 e. The molecule has 0 spiro atoms. The first-order valence-corrected chi connectivity index (χ1v) is 8.73. The van der Waals surface area contributed by atoms with Gasteiger partial charge in [0.2, 0.25) is 0 Å². The molecule has 1 aliphatic rings. The second kappa shape index (κ2) is 8.14. The Morgan fingerprint density at radius 1 is 1.27 bits per heavy atom. The monoisotopic (exact) mass is 322 g/mol. The van der Waals surface area contributed by atoms with Crippen LogP contribution < -0.4 is 0 Å². The van der Waals surface area contributed by atoms with Crippen molar-refractivity contribution < 1.29 is 14.3 Å². The van der Waals surface area contributed by atoms with E-state index in [9.17, 15) is 4.79 Å². The fourth-order valence-corrected chi connectivity index (χ4v) is 3.38. The second-order valence-electron chi connectivity index (χ2n) is 6.74. The summed E-state index contributed by atoms with van der Waals surface area (Å²) in [5, 5.41) is 0.223. The summed E-state index contributed by atoms with van der Waals surface area (Å²) in [6.45, 7) is 7.39. The predicted octanol–water partition coefficient (Wildman–Crippen LogP) is 4.20. The molecule has 4 heteroatoms. The second-order valence-corrected chi connectivity index (χ2v) is 8.63. The average molecular weight is 322 g/mol. The van der Waals surface area contributed by atoms with E-state index in [1.54, 1.807) is 0 Å². The van der Waals surface area contributed by atoms with Crippen molar-refractivity contribution in [3.63, 3.8) is 0 Å². The average Bonchev–Trinajstić information content (AvgIpc) is 2.45. The number of carbonyl (C=O) groups excluding carboxylic acids is 1. The van der Waals surface area contributed by atoms with Gasteiger partial charge in [0.1, 0.15) is 0 Å². The molecule has 1 aromatic carbocycles. The first-order chi connectivity index (χ1) is 10.4. The Kier molecular flexibility index (Phi) is 6.48. The standard InChI is InChI=1S/C18H26O3S/c1-18(2,3)22-17(19)11-15-9-10-16(13-21-15)20-12-14-7-5-4-6-8-14/h4-8,15-16H,9-13H2,1-3H3/t15-,16+/m1/s1. The van der Waals surface area contributed by atoms with Gasteiger partial charge < -0.3 is 9.47 Å². The lowest BCUT2D eigenvalue weighted by Crippen LogP contribution is -2.32. The molecule has 0 aliphatic carbocycles. The third-order valence-corrected chi connectivity index (χ3v) is 4.48. The molecule has 0 amide bonds. The summed E-state index contributed by atoms with van der Waals surface area (Å²) >= 11 is 1.41. The fourth-order valence-electron chi connectivity index (χ4n) is 2.43. The van der Waals surface area contributed by atoms with Crippen LogP contribution in [-0.4, -0.2) is 28.7 Å². The summed E-state index contributed by atoms with van der Waals surface area (Å²) in [6, 6.07) is 10.2. The Balaban J connectivity index is 1.66. The molecule has 0 aromatic heterocycles. The Bertz CT molecular complexity index is 459. The van der Waals surface area contributed by atoms with Gasteiger partial charge in [0, 0.05) is 11.2 Å². The molecule has 122 valence electrons. The van der Waals surface area contributed by atoms with E-state index in [0.29, 0.717) is 19.6 Å². The molecule has 2 atom stereocenters. The minimum Gasteiger partial charge on any atom is -0.375 e. The van der Waals surface area contributed by atoms with Crippen LogP contribution in [0.25, 0.3) is 0 Å². The zero-order valence-corrected chi connectivity index (χ0v) is 14.5. The quantitative estimate of drug-likeness (QED) is 0.814. The van der Waals surface area contributed by atoms with Crippen molar-refractivity contribution in [3.05, 3.63) is 35.9 Å². The van der Waals surface area contributed by atoms with Crippen LogP contribution in [0.1, 0.15) is 45.6 Å². The molecule has 0 bridgehead atoms. The third kappa shape index (κ3) is 6.51.